The van der Waals surface area contributed by atoms with Gasteiger partial charge in [0.15, 0.2) is 0 Å². The lowest BCUT2D eigenvalue weighted by atomic mass is 10.1. The van der Waals surface area contributed by atoms with Crippen LogP contribution in [0.4, 0.5) is 4.39 Å². The van der Waals surface area contributed by atoms with Gasteiger partial charge in [0, 0.05) is 27.3 Å². The Morgan fingerprint density at radius 3 is 2.58 bits per heavy atom. The fourth-order valence-electron chi connectivity index (χ4n) is 1.81. The molecule has 4 heteroatoms. The fourth-order valence-corrected chi connectivity index (χ4v) is 3.02. The molecule has 0 saturated carbocycles. The first-order valence-corrected chi connectivity index (χ1v) is 7.37. The summed E-state index contributed by atoms with van der Waals surface area (Å²) in [4.78, 5) is 1.18. The van der Waals surface area contributed by atoms with E-state index in [-0.39, 0.29) is 11.9 Å². The maximum Gasteiger partial charge on any atom is 0.129 e. The van der Waals surface area contributed by atoms with Crippen LogP contribution in [0.5, 0.6) is 0 Å². The summed E-state index contributed by atoms with van der Waals surface area (Å²) in [5, 5.41) is 3.57. The molecular formula is C15H15ClFNS. The van der Waals surface area contributed by atoms with Crippen LogP contribution in [0.3, 0.4) is 0 Å². The van der Waals surface area contributed by atoms with Gasteiger partial charge in [-0.15, -0.1) is 11.8 Å². The second kappa shape index (κ2) is 6.94. The van der Waals surface area contributed by atoms with Crippen LogP contribution < -0.4 is 5.32 Å². The minimum atomic E-state index is -0.263. The van der Waals surface area contributed by atoms with Crippen molar-refractivity contribution in [2.24, 2.45) is 0 Å². The second-order valence-electron chi connectivity index (χ2n) is 4.13. The van der Waals surface area contributed by atoms with Crippen LogP contribution in [0.1, 0.15) is 11.6 Å². The molecular weight excluding hydrogens is 281 g/mol. The van der Waals surface area contributed by atoms with E-state index in [4.69, 9.17) is 11.6 Å². The second-order valence-corrected chi connectivity index (χ2v) is 5.66. The molecule has 0 bridgehead atoms. The first-order valence-electron chi connectivity index (χ1n) is 6.01. The largest absolute Gasteiger partial charge is 0.312 e. The molecule has 2 aromatic carbocycles. The van der Waals surface area contributed by atoms with E-state index < -0.39 is 0 Å². The molecule has 0 spiro atoms. The van der Waals surface area contributed by atoms with Crippen molar-refractivity contribution in [2.45, 2.75) is 10.9 Å². The highest BCUT2D eigenvalue weighted by Gasteiger charge is 2.14. The van der Waals surface area contributed by atoms with Crippen LogP contribution in [-0.4, -0.2) is 12.8 Å². The summed E-state index contributed by atoms with van der Waals surface area (Å²) in [5.74, 6) is 0.500. The Balaban J connectivity index is 2.08. The van der Waals surface area contributed by atoms with E-state index in [1.807, 2.05) is 25.2 Å². The lowest BCUT2D eigenvalue weighted by Crippen LogP contribution is -2.20. The molecule has 100 valence electrons. The van der Waals surface area contributed by atoms with Gasteiger partial charge in [-0.25, -0.2) is 4.39 Å². The van der Waals surface area contributed by atoms with Gasteiger partial charge < -0.3 is 5.32 Å². The Morgan fingerprint density at radius 1 is 1.21 bits per heavy atom. The summed E-state index contributed by atoms with van der Waals surface area (Å²) in [6.07, 6.45) is 0. The lowest BCUT2D eigenvalue weighted by Gasteiger charge is -2.17. The van der Waals surface area contributed by atoms with Gasteiger partial charge in [-0.05, 0) is 31.3 Å². The SMILES string of the molecule is CNC(CSc1ccccc1)c1ccc(Cl)cc1F. The standard InChI is InChI=1S/C15H15ClFNS/c1-18-15(10-19-12-5-3-2-4-6-12)13-8-7-11(16)9-14(13)17/h2-9,15,18H,10H2,1H3. The monoisotopic (exact) mass is 295 g/mol. The van der Waals surface area contributed by atoms with Crippen molar-refractivity contribution in [3.63, 3.8) is 0 Å². The van der Waals surface area contributed by atoms with Crippen molar-refractivity contribution in [1.29, 1.82) is 0 Å². The average molecular weight is 296 g/mol. The summed E-state index contributed by atoms with van der Waals surface area (Å²) in [5.41, 5.74) is 0.648. The van der Waals surface area contributed by atoms with Crippen molar-refractivity contribution in [2.75, 3.05) is 12.8 Å². The van der Waals surface area contributed by atoms with Gasteiger partial charge in [-0.2, -0.15) is 0 Å². The van der Waals surface area contributed by atoms with Crippen molar-refractivity contribution in [3.8, 4) is 0 Å². The zero-order valence-corrected chi connectivity index (χ0v) is 12.1. The van der Waals surface area contributed by atoms with Crippen LogP contribution >= 0.6 is 23.4 Å². The number of hydrogen-bond donors (Lipinski definition) is 1. The minimum Gasteiger partial charge on any atom is -0.312 e. The smallest absolute Gasteiger partial charge is 0.129 e. The van der Waals surface area contributed by atoms with Crippen LogP contribution in [0.25, 0.3) is 0 Å². The molecule has 0 aliphatic heterocycles. The van der Waals surface area contributed by atoms with Crippen LogP contribution in [0.2, 0.25) is 5.02 Å². The lowest BCUT2D eigenvalue weighted by molar-refractivity contribution is 0.566. The summed E-state index contributed by atoms with van der Waals surface area (Å²) < 4.78 is 13.9. The Bertz CT molecular complexity index is 533. The minimum absolute atomic E-state index is 0.0394. The third-order valence-electron chi connectivity index (χ3n) is 2.85. The average Bonchev–Trinajstić information content (AvgIpc) is 2.42. The molecule has 0 fully saturated rings. The molecule has 19 heavy (non-hydrogen) atoms. The normalized spacial score (nSPS) is 12.4. The predicted molar refractivity (Wildman–Crippen MR) is 80.4 cm³/mol. The van der Waals surface area contributed by atoms with Gasteiger partial charge in [-0.3, -0.25) is 0 Å². The molecule has 0 radical (unpaired) electrons. The number of halogens is 2. The number of benzene rings is 2. The zero-order chi connectivity index (χ0) is 13.7. The molecule has 2 rings (SSSR count). The topological polar surface area (TPSA) is 12.0 Å². The summed E-state index contributed by atoms with van der Waals surface area (Å²) in [6, 6.07) is 14.9. The Morgan fingerprint density at radius 2 is 1.95 bits per heavy atom. The van der Waals surface area contributed by atoms with Crippen molar-refractivity contribution >= 4 is 23.4 Å². The van der Waals surface area contributed by atoms with Gasteiger partial charge in [-0.1, -0.05) is 35.9 Å². The third-order valence-corrected chi connectivity index (χ3v) is 4.19. The van der Waals surface area contributed by atoms with E-state index in [2.05, 4.69) is 17.4 Å². The van der Waals surface area contributed by atoms with Crippen LogP contribution in [0, 0.1) is 5.82 Å². The molecule has 0 amide bonds. The van der Waals surface area contributed by atoms with Gasteiger partial charge in [0.2, 0.25) is 0 Å². The highest BCUT2D eigenvalue weighted by Crippen LogP contribution is 2.27. The molecule has 1 atom stereocenters. The Hall–Kier alpha value is -1.03. The molecule has 1 unspecified atom stereocenters. The highest BCUT2D eigenvalue weighted by atomic mass is 35.5. The van der Waals surface area contributed by atoms with Crippen molar-refractivity contribution < 1.29 is 4.39 Å². The molecule has 0 aromatic heterocycles. The predicted octanol–water partition coefficient (Wildman–Crippen LogP) is 4.53. The number of thioether (sulfide) groups is 1. The molecule has 2 aromatic rings. The van der Waals surface area contributed by atoms with E-state index in [9.17, 15) is 4.39 Å². The third kappa shape index (κ3) is 3.96. The number of rotatable bonds is 5. The fraction of sp³-hybridized carbons (Fsp3) is 0.200. The van der Waals surface area contributed by atoms with E-state index in [1.54, 1.807) is 23.9 Å². The van der Waals surface area contributed by atoms with Gasteiger partial charge in [0.1, 0.15) is 5.82 Å². The maximum absolute atomic E-state index is 13.9. The molecule has 1 N–H and O–H groups in total. The Labute approximate surface area is 122 Å². The maximum atomic E-state index is 13.9. The highest BCUT2D eigenvalue weighted by molar-refractivity contribution is 7.99. The van der Waals surface area contributed by atoms with Crippen molar-refractivity contribution in [3.05, 3.63) is 64.9 Å². The van der Waals surface area contributed by atoms with Crippen molar-refractivity contribution in [1.82, 2.24) is 5.32 Å². The molecule has 0 saturated heterocycles. The first kappa shape index (κ1) is 14.4. The summed E-state index contributed by atoms with van der Waals surface area (Å²) in [6.45, 7) is 0. The van der Waals surface area contributed by atoms with E-state index in [0.29, 0.717) is 10.6 Å². The van der Waals surface area contributed by atoms with Gasteiger partial charge in [0.25, 0.3) is 0 Å². The van der Waals surface area contributed by atoms with Gasteiger partial charge >= 0.3 is 0 Å². The molecule has 0 aliphatic carbocycles. The first-order chi connectivity index (χ1) is 9.20. The summed E-state index contributed by atoms with van der Waals surface area (Å²) in [7, 11) is 1.84. The van der Waals surface area contributed by atoms with E-state index in [0.717, 1.165) is 5.75 Å². The quantitative estimate of drug-likeness (QED) is 0.813. The number of hydrogen-bond acceptors (Lipinski definition) is 2. The van der Waals surface area contributed by atoms with Crippen LogP contribution in [0.15, 0.2) is 53.4 Å². The van der Waals surface area contributed by atoms with Crippen LogP contribution in [-0.2, 0) is 0 Å². The molecule has 0 aliphatic rings. The molecule has 1 nitrogen and oxygen atoms in total. The Kier molecular flexibility index (Phi) is 5.25. The number of nitrogens with one attached hydrogen (secondary N) is 1. The summed E-state index contributed by atoms with van der Waals surface area (Å²) >= 11 is 7.47. The van der Waals surface area contributed by atoms with E-state index in [1.165, 1.54) is 11.0 Å². The van der Waals surface area contributed by atoms with E-state index >= 15 is 0 Å². The van der Waals surface area contributed by atoms with Gasteiger partial charge in [0.05, 0.1) is 0 Å². The molecule has 0 heterocycles. The zero-order valence-electron chi connectivity index (χ0n) is 10.6.